The Kier molecular flexibility index (Phi) is 4.10. The van der Waals surface area contributed by atoms with E-state index in [1.54, 1.807) is 23.0 Å². The van der Waals surface area contributed by atoms with Crippen LogP contribution in [0.4, 0.5) is 5.69 Å². The van der Waals surface area contributed by atoms with Gasteiger partial charge in [-0.05, 0) is 30.2 Å². The maximum absolute atomic E-state index is 12.2. The van der Waals surface area contributed by atoms with Crippen molar-refractivity contribution in [1.29, 1.82) is 0 Å². The Labute approximate surface area is 134 Å². The highest BCUT2D eigenvalue weighted by molar-refractivity contribution is 6.04. The largest absolute Gasteiger partial charge is 0.506 e. The van der Waals surface area contributed by atoms with Crippen LogP contribution in [-0.2, 0) is 6.54 Å². The molecular formula is C18H17N3O2. The van der Waals surface area contributed by atoms with E-state index in [0.717, 1.165) is 11.1 Å². The molecule has 0 atom stereocenters. The number of benzene rings is 2. The average molecular weight is 307 g/mol. The van der Waals surface area contributed by atoms with E-state index in [9.17, 15) is 9.90 Å². The van der Waals surface area contributed by atoms with Gasteiger partial charge >= 0.3 is 0 Å². The van der Waals surface area contributed by atoms with E-state index in [4.69, 9.17) is 0 Å². The highest BCUT2D eigenvalue weighted by Gasteiger charge is 2.11. The van der Waals surface area contributed by atoms with Gasteiger partial charge in [0.25, 0.3) is 5.91 Å². The molecule has 3 rings (SSSR count). The molecule has 5 heteroatoms. The summed E-state index contributed by atoms with van der Waals surface area (Å²) in [5.41, 5.74) is 2.87. The molecule has 3 aromatic rings. The van der Waals surface area contributed by atoms with Gasteiger partial charge in [-0.25, -0.2) is 0 Å². The summed E-state index contributed by atoms with van der Waals surface area (Å²) < 4.78 is 1.71. The second-order valence-electron chi connectivity index (χ2n) is 5.39. The van der Waals surface area contributed by atoms with Crippen LogP contribution in [-0.4, -0.2) is 20.8 Å². The smallest absolute Gasteiger partial charge is 0.258 e. The lowest BCUT2D eigenvalue weighted by molar-refractivity contribution is 0.102. The highest BCUT2D eigenvalue weighted by Crippen LogP contribution is 2.24. The molecule has 0 aliphatic rings. The average Bonchev–Trinajstić information content (AvgIpc) is 3.00. The third kappa shape index (κ3) is 3.58. The topological polar surface area (TPSA) is 67.2 Å². The van der Waals surface area contributed by atoms with E-state index >= 15 is 0 Å². The Morgan fingerprint density at radius 1 is 1.22 bits per heavy atom. The quantitative estimate of drug-likeness (QED) is 0.727. The number of anilines is 1. The van der Waals surface area contributed by atoms with Crippen molar-refractivity contribution in [2.45, 2.75) is 13.5 Å². The summed E-state index contributed by atoms with van der Waals surface area (Å²) in [6.45, 7) is 2.48. The number of nitrogens with zero attached hydrogens (tertiary/aromatic N) is 2. The first-order valence-electron chi connectivity index (χ1n) is 7.29. The number of amides is 1. The predicted molar refractivity (Wildman–Crippen MR) is 88.6 cm³/mol. The van der Waals surface area contributed by atoms with Gasteiger partial charge in [0.15, 0.2) is 0 Å². The summed E-state index contributed by atoms with van der Waals surface area (Å²) in [6.07, 6.45) is 3.21. The number of aryl methyl sites for hydroxylation is 1. The van der Waals surface area contributed by atoms with Crippen LogP contribution in [0.25, 0.3) is 0 Å². The molecule has 0 bridgehead atoms. The van der Waals surface area contributed by atoms with E-state index in [0.29, 0.717) is 17.8 Å². The van der Waals surface area contributed by atoms with Gasteiger partial charge in [-0.15, -0.1) is 0 Å². The van der Waals surface area contributed by atoms with E-state index in [1.807, 2.05) is 43.3 Å². The summed E-state index contributed by atoms with van der Waals surface area (Å²) in [7, 11) is 0. The standard InChI is InChI=1S/C18H17N3O2/c1-13-7-8-16(17(22)9-13)20-18(23)15-10-19-21(12-15)11-14-5-3-2-4-6-14/h2-10,12,22H,11H2,1H3,(H,20,23). The first-order chi connectivity index (χ1) is 11.1. The number of phenols is 1. The molecule has 0 spiro atoms. The summed E-state index contributed by atoms with van der Waals surface area (Å²) in [6, 6.07) is 15.0. The maximum atomic E-state index is 12.2. The minimum atomic E-state index is -0.302. The van der Waals surface area contributed by atoms with Gasteiger partial charge in [-0.3, -0.25) is 9.48 Å². The minimum absolute atomic E-state index is 0.0510. The number of aromatic hydroxyl groups is 1. The van der Waals surface area contributed by atoms with Crippen molar-refractivity contribution in [3.63, 3.8) is 0 Å². The molecule has 2 aromatic carbocycles. The first-order valence-corrected chi connectivity index (χ1v) is 7.29. The summed E-state index contributed by atoms with van der Waals surface area (Å²) in [5.74, 6) is -0.251. The van der Waals surface area contributed by atoms with Gasteiger partial charge in [0.2, 0.25) is 0 Å². The normalized spacial score (nSPS) is 10.5. The number of phenolic OH excluding ortho intramolecular Hbond substituents is 1. The van der Waals surface area contributed by atoms with Crippen molar-refractivity contribution in [2.75, 3.05) is 5.32 Å². The van der Waals surface area contributed by atoms with Gasteiger partial charge < -0.3 is 10.4 Å². The Hall–Kier alpha value is -3.08. The zero-order valence-electron chi connectivity index (χ0n) is 12.7. The van der Waals surface area contributed by atoms with Crippen LogP contribution < -0.4 is 5.32 Å². The Morgan fingerprint density at radius 2 is 2.00 bits per heavy atom. The third-order valence-electron chi connectivity index (χ3n) is 3.48. The molecule has 1 amide bonds. The molecule has 0 unspecified atom stereocenters. The Bertz CT molecular complexity index is 825. The van der Waals surface area contributed by atoms with E-state index < -0.39 is 0 Å². The number of carbonyl (C=O) groups excluding carboxylic acids is 1. The summed E-state index contributed by atoms with van der Waals surface area (Å²) in [4.78, 5) is 12.2. The second-order valence-corrected chi connectivity index (χ2v) is 5.39. The molecule has 23 heavy (non-hydrogen) atoms. The van der Waals surface area contributed by atoms with E-state index in [1.165, 1.54) is 6.20 Å². The third-order valence-corrected chi connectivity index (χ3v) is 3.48. The maximum Gasteiger partial charge on any atom is 0.258 e. The lowest BCUT2D eigenvalue weighted by Crippen LogP contribution is -2.11. The second kappa shape index (κ2) is 6.36. The predicted octanol–water partition coefficient (Wildman–Crippen LogP) is 3.20. The highest BCUT2D eigenvalue weighted by atomic mass is 16.3. The number of aromatic nitrogens is 2. The van der Waals surface area contributed by atoms with Gasteiger partial charge in [0.05, 0.1) is 24.0 Å². The molecule has 0 fully saturated rings. The number of hydrogen-bond acceptors (Lipinski definition) is 3. The van der Waals surface area contributed by atoms with E-state index in [-0.39, 0.29) is 11.7 Å². The van der Waals surface area contributed by atoms with Crippen LogP contribution in [0.3, 0.4) is 0 Å². The molecule has 0 aliphatic heterocycles. The number of hydrogen-bond donors (Lipinski definition) is 2. The Morgan fingerprint density at radius 3 is 2.74 bits per heavy atom. The molecule has 0 saturated carbocycles. The van der Waals surface area contributed by atoms with Crippen LogP contribution >= 0.6 is 0 Å². The molecular weight excluding hydrogens is 290 g/mol. The van der Waals surface area contributed by atoms with Crippen molar-refractivity contribution in [3.05, 3.63) is 77.6 Å². The molecule has 0 saturated heterocycles. The molecule has 1 aromatic heterocycles. The molecule has 0 aliphatic carbocycles. The van der Waals surface area contributed by atoms with Crippen molar-refractivity contribution < 1.29 is 9.90 Å². The SMILES string of the molecule is Cc1ccc(NC(=O)c2cnn(Cc3ccccc3)c2)c(O)c1. The van der Waals surface area contributed by atoms with Crippen molar-refractivity contribution in [2.24, 2.45) is 0 Å². The summed E-state index contributed by atoms with van der Waals surface area (Å²) >= 11 is 0. The summed E-state index contributed by atoms with van der Waals surface area (Å²) in [5, 5.41) is 16.7. The van der Waals surface area contributed by atoms with Crippen LogP contribution in [0.5, 0.6) is 5.75 Å². The van der Waals surface area contributed by atoms with Crippen LogP contribution in [0, 0.1) is 6.92 Å². The Balaban J connectivity index is 1.71. The fourth-order valence-electron chi connectivity index (χ4n) is 2.28. The van der Waals surface area contributed by atoms with Crippen molar-refractivity contribution in [3.8, 4) is 5.75 Å². The van der Waals surface area contributed by atoms with Crippen molar-refractivity contribution >= 4 is 11.6 Å². The minimum Gasteiger partial charge on any atom is -0.506 e. The van der Waals surface area contributed by atoms with Gasteiger partial charge in [-0.1, -0.05) is 36.4 Å². The number of rotatable bonds is 4. The van der Waals surface area contributed by atoms with Crippen molar-refractivity contribution in [1.82, 2.24) is 9.78 Å². The molecule has 116 valence electrons. The van der Waals surface area contributed by atoms with Crippen LogP contribution in [0.1, 0.15) is 21.5 Å². The fraction of sp³-hybridized carbons (Fsp3) is 0.111. The lowest BCUT2D eigenvalue weighted by atomic mass is 10.2. The molecule has 0 radical (unpaired) electrons. The molecule has 2 N–H and O–H groups in total. The zero-order chi connectivity index (χ0) is 16.2. The van der Waals surface area contributed by atoms with Gasteiger partial charge in [0.1, 0.15) is 5.75 Å². The van der Waals surface area contributed by atoms with Crippen LogP contribution in [0.15, 0.2) is 60.9 Å². The fourth-order valence-corrected chi connectivity index (χ4v) is 2.28. The van der Waals surface area contributed by atoms with Gasteiger partial charge in [-0.2, -0.15) is 5.10 Å². The number of carbonyl (C=O) groups is 1. The monoisotopic (exact) mass is 307 g/mol. The zero-order valence-corrected chi connectivity index (χ0v) is 12.7. The first kappa shape index (κ1) is 14.8. The molecule has 1 heterocycles. The lowest BCUT2D eigenvalue weighted by Gasteiger charge is -2.06. The number of nitrogens with one attached hydrogen (secondary N) is 1. The van der Waals surface area contributed by atoms with Crippen LogP contribution in [0.2, 0.25) is 0 Å². The molecule has 5 nitrogen and oxygen atoms in total. The van der Waals surface area contributed by atoms with Gasteiger partial charge in [0, 0.05) is 6.20 Å². The van der Waals surface area contributed by atoms with E-state index in [2.05, 4.69) is 10.4 Å².